The third kappa shape index (κ3) is 4.00. The number of hydrogen-bond donors (Lipinski definition) is 1. The third-order valence-corrected chi connectivity index (χ3v) is 4.71. The fourth-order valence-corrected chi connectivity index (χ4v) is 3.23. The smallest absolute Gasteiger partial charge is 0.296 e. The minimum atomic E-state index is -1.02. The van der Waals surface area contributed by atoms with Gasteiger partial charge >= 0.3 is 0 Å². The molecule has 8 heteroatoms. The standard InChI is InChI=1S/C22H20FN3O4/c1-14-19-20(15-7-3-2-4-8-15)24-26(22(28)21(19)25-30-14)11-17(27)13-29-12-16-9-5-6-10-18(16)23/h2-10,17,27H,11-13H2,1H3. The van der Waals surface area contributed by atoms with E-state index in [4.69, 9.17) is 9.26 Å². The Balaban J connectivity index is 1.56. The summed E-state index contributed by atoms with van der Waals surface area (Å²) in [5, 5.41) is 19.2. The van der Waals surface area contributed by atoms with Gasteiger partial charge in [-0.25, -0.2) is 9.07 Å². The molecule has 0 spiro atoms. The zero-order valence-corrected chi connectivity index (χ0v) is 16.3. The van der Waals surface area contributed by atoms with Crippen LogP contribution in [0, 0.1) is 12.7 Å². The molecule has 1 atom stereocenters. The largest absolute Gasteiger partial charge is 0.389 e. The predicted molar refractivity (Wildman–Crippen MR) is 108 cm³/mol. The van der Waals surface area contributed by atoms with Gasteiger partial charge in [-0.15, -0.1) is 0 Å². The van der Waals surface area contributed by atoms with Crippen molar-refractivity contribution in [3.05, 3.63) is 82.1 Å². The van der Waals surface area contributed by atoms with E-state index in [1.165, 1.54) is 6.07 Å². The van der Waals surface area contributed by atoms with Crippen LogP contribution < -0.4 is 5.56 Å². The van der Waals surface area contributed by atoms with Crippen LogP contribution in [0.2, 0.25) is 0 Å². The minimum Gasteiger partial charge on any atom is -0.389 e. The summed E-state index contributed by atoms with van der Waals surface area (Å²) >= 11 is 0. The number of benzene rings is 2. The Morgan fingerprint density at radius 2 is 1.90 bits per heavy atom. The van der Waals surface area contributed by atoms with E-state index in [0.717, 1.165) is 10.2 Å². The molecule has 0 bridgehead atoms. The molecule has 30 heavy (non-hydrogen) atoms. The molecule has 1 N–H and O–H groups in total. The SMILES string of the molecule is Cc1onc2c(=O)n(CC(O)COCc3ccccc3F)nc(-c3ccccc3)c12. The zero-order valence-electron chi connectivity index (χ0n) is 16.3. The Morgan fingerprint density at radius 1 is 1.17 bits per heavy atom. The number of nitrogens with zero attached hydrogens (tertiary/aromatic N) is 3. The lowest BCUT2D eigenvalue weighted by Gasteiger charge is -2.14. The number of ether oxygens (including phenoxy) is 1. The highest BCUT2D eigenvalue weighted by atomic mass is 19.1. The Bertz CT molecular complexity index is 1220. The van der Waals surface area contributed by atoms with E-state index < -0.39 is 11.7 Å². The van der Waals surface area contributed by atoms with Gasteiger partial charge < -0.3 is 14.4 Å². The Labute approximate surface area is 171 Å². The lowest BCUT2D eigenvalue weighted by molar-refractivity contribution is 0.0172. The fourth-order valence-electron chi connectivity index (χ4n) is 3.23. The molecule has 0 amide bonds. The Morgan fingerprint density at radius 3 is 2.67 bits per heavy atom. The molecule has 2 aromatic heterocycles. The molecule has 0 fully saturated rings. The molecule has 7 nitrogen and oxygen atoms in total. The summed E-state index contributed by atoms with van der Waals surface area (Å²) in [6, 6.07) is 15.6. The summed E-state index contributed by atoms with van der Waals surface area (Å²) in [6.45, 7) is 1.55. The summed E-state index contributed by atoms with van der Waals surface area (Å²) in [7, 11) is 0. The molecule has 0 saturated carbocycles. The molecule has 0 aliphatic carbocycles. The lowest BCUT2D eigenvalue weighted by atomic mass is 10.1. The van der Waals surface area contributed by atoms with Crippen LogP contribution in [0.1, 0.15) is 11.3 Å². The van der Waals surface area contributed by atoms with E-state index in [0.29, 0.717) is 22.4 Å². The maximum atomic E-state index is 13.7. The average Bonchev–Trinajstić information content (AvgIpc) is 3.14. The van der Waals surface area contributed by atoms with Gasteiger partial charge in [-0.05, 0) is 13.0 Å². The first-order chi connectivity index (χ1) is 14.5. The quantitative estimate of drug-likeness (QED) is 0.505. The van der Waals surface area contributed by atoms with Crippen molar-refractivity contribution in [1.82, 2.24) is 14.9 Å². The van der Waals surface area contributed by atoms with Crippen LogP contribution in [0.15, 0.2) is 63.9 Å². The number of aromatic nitrogens is 3. The molecule has 0 saturated heterocycles. The van der Waals surface area contributed by atoms with Gasteiger partial charge in [-0.2, -0.15) is 5.10 Å². The number of hydrogen-bond acceptors (Lipinski definition) is 6. The van der Waals surface area contributed by atoms with E-state index >= 15 is 0 Å². The monoisotopic (exact) mass is 409 g/mol. The van der Waals surface area contributed by atoms with Crippen LogP contribution in [0.25, 0.3) is 22.2 Å². The molecular formula is C22H20FN3O4. The number of fused-ring (bicyclic) bond motifs is 1. The third-order valence-electron chi connectivity index (χ3n) is 4.71. The zero-order chi connectivity index (χ0) is 21.1. The topological polar surface area (TPSA) is 90.4 Å². The first-order valence-electron chi connectivity index (χ1n) is 9.46. The first kappa shape index (κ1) is 19.9. The van der Waals surface area contributed by atoms with Gasteiger partial charge in [-0.3, -0.25) is 4.79 Å². The van der Waals surface area contributed by atoms with Crippen molar-refractivity contribution in [2.75, 3.05) is 6.61 Å². The number of aryl methyl sites for hydroxylation is 1. The van der Waals surface area contributed by atoms with Gasteiger partial charge in [0.05, 0.1) is 31.2 Å². The molecule has 0 aliphatic rings. The minimum absolute atomic E-state index is 0.0167. The number of aliphatic hydroxyl groups excluding tert-OH is 1. The molecular weight excluding hydrogens is 389 g/mol. The van der Waals surface area contributed by atoms with Gasteiger partial charge in [0.25, 0.3) is 5.56 Å². The lowest BCUT2D eigenvalue weighted by Crippen LogP contribution is -2.31. The predicted octanol–water partition coefficient (Wildman–Crippen LogP) is 3.08. The van der Waals surface area contributed by atoms with Crippen molar-refractivity contribution in [2.45, 2.75) is 26.2 Å². The van der Waals surface area contributed by atoms with Gasteiger partial charge in [0.1, 0.15) is 17.3 Å². The van der Waals surface area contributed by atoms with Crippen LogP contribution in [-0.4, -0.2) is 32.8 Å². The van der Waals surface area contributed by atoms with Crippen molar-refractivity contribution >= 4 is 10.9 Å². The van der Waals surface area contributed by atoms with Crippen LogP contribution in [0.3, 0.4) is 0 Å². The summed E-state index contributed by atoms with van der Waals surface area (Å²) in [5.41, 5.74) is 1.43. The van der Waals surface area contributed by atoms with E-state index in [1.807, 2.05) is 30.3 Å². The maximum absolute atomic E-state index is 13.7. The van der Waals surface area contributed by atoms with Gasteiger partial charge in [-0.1, -0.05) is 53.7 Å². The van der Waals surface area contributed by atoms with Gasteiger partial charge in [0.2, 0.25) is 0 Å². The van der Waals surface area contributed by atoms with Crippen LogP contribution >= 0.6 is 0 Å². The second-order valence-corrected chi connectivity index (χ2v) is 6.92. The summed E-state index contributed by atoms with van der Waals surface area (Å²) in [6.07, 6.45) is -1.02. The Hall–Kier alpha value is -3.36. The molecule has 2 aromatic carbocycles. The van der Waals surface area contributed by atoms with E-state index in [2.05, 4.69) is 10.3 Å². The second kappa shape index (κ2) is 8.56. The van der Waals surface area contributed by atoms with Crippen molar-refractivity contribution in [3.63, 3.8) is 0 Å². The number of rotatable bonds is 7. The van der Waals surface area contributed by atoms with Crippen LogP contribution in [-0.2, 0) is 17.9 Å². The summed E-state index contributed by atoms with van der Waals surface area (Å²) < 4.78 is 25.4. The normalized spacial score (nSPS) is 12.4. The average molecular weight is 409 g/mol. The van der Waals surface area contributed by atoms with E-state index in [9.17, 15) is 14.3 Å². The highest BCUT2D eigenvalue weighted by Gasteiger charge is 2.20. The second-order valence-electron chi connectivity index (χ2n) is 6.92. The fraction of sp³-hybridized carbons (Fsp3) is 0.227. The van der Waals surface area contributed by atoms with Crippen molar-refractivity contribution in [1.29, 1.82) is 0 Å². The molecule has 0 aliphatic heterocycles. The molecule has 4 aromatic rings. The van der Waals surface area contributed by atoms with Gasteiger partial charge in [0, 0.05) is 11.1 Å². The maximum Gasteiger partial charge on any atom is 0.296 e. The first-order valence-corrected chi connectivity index (χ1v) is 9.46. The van der Waals surface area contributed by atoms with Gasteiger partial charge in [0.15, 0.2) is 5.52 Å². The van der Waals surface area contributed by atoms with Crippen molar-refractivity contribution < 1.29 is 18.8 Å². The van der Waals surface area contributed by atoms with Crippen LogP contribution in [0.5, 0.6) is 0 Å². The molecule has 154 valence electrons. The summed E-state index contributed by atoms with van der Waals surface area (Å²) in [5.74, 6) is 0.124. The van der Waals surface area contributed by atoms with E-state index in [-0.39, 0.29) is 31.1 Å². The highest BCUT2D eigenvalue weighted by molar-refractivity contribution is 5.92. The molecule has 2 heterocycles. The van der Waals surface area contributed by atoms with E-state index in [1.54, 1.807) is 25.1 Å². The summed E-state index contributed by atoms with van der Waals surface area (Å²) in [4.78, 5) is 12.8. The highest BCUT2D eigenvalue weighted by Crippen LogP contribution is 2.26. The number of aliphatic hydroxyl groups is 1. The van der Waals surface area contributed by atoms with Crippen molar-refractivity contribution in [3.8, 4) is 11.3 Å². The van der Waals surface area contributed by atoms with Crippen LogP contribution in [0.4, 0.5) is 4.39 Å². The molecule has 0 radical (unpaired) electrons. The van der Waals surface area contributed by atoms with Crippen molar-refractivity contribution in [2.24, 2.45) is 0 Å². The molecule has 1 unspecified atom stereocenters. The number of halogens is 1. The molecule has 4 rings (SSSR count). The Kier molecular flexibility index (Phi) is 5.69.